The Bertz CT molecular complexity index is 2860. The summed E-state index contributed by atoms with van der Waals surface area (Å²) in [5, 5.41) is 8.40. The quantitative estimate of drug-likeness (QED) is 0.0788. The molecule has 8 heterocycles. The normalized spacial score (nSPS) is 17.9. The standard InChI is InChI=1S/C22H26Cl2N6O4S.C21H24Cl2N6O4S.HI/c1-11-14(23)15(24)16(25-11)19(31)26-12-6-7-30(10-13(12)33-4)22-27-17(18(35-22)21(32)34-5)20-28(2)8-9-29(20)3;1-10-13(22)14(23)15(25-10)19(30)26-11-5-7-29(9-12(11)32-3)21-27-16(17(34-21)20(31)33-4)18-24-6-8-28(18)2;/h8-9,12-13H,6-7,10H2,1-5H3,(H-,25,26,31);6,8,11-12,25H,5,7,9H2,1-4H3,(H,26,30);1H/t12-,13+;11-,12+;/m11./s1. The van der Waals surface area contributed by atoms with Crippen molar-refractivity contribution in [2.45, 2.75) is 51.0 Å². The number of nitrogens with zero attached hydrogens (tertiary/aromatic N) is 8. The van der Waals surface area contributed by atoms with Crippen LogP contribution in [0, 0.1) is 13.8 Å². The van der Waals surface area contributed by atoms with Gasteiger partial charge < -0.3 is 77.9 Å². The van der Waals surface area contributed by atoms with Crippen LogP contribution in [0.1, 0.15) is 64.5 Å². The second kappa shape index (κ2) is 23.4. The molecule has 0 aliphatic carbocycles. The number of aryl methyl sites for hydroxylation is 5. The summed E-state index contributed by atoms with van der Waals surface area (Å²) in [6.45, 7) is 5.65. The largest absolute Gasteiger partial charge is 1.00 e. The minimum absolute atomic E-state index is 0. The molecule has 0 unspecified atom stereocenters. The van der Waals surface area contributed by atoms with Crippen LogP contribution in [0.3, 0.4) is 0 Å². The van der Waals surface area contributed by atoms with Gasteiger partial charge in [-0.3, -0.25) is 9.59 Å². The fourth-order valence-electron chi connectivity index (χ4n) is 8.10. The van der Waals surface area contributed by atoms with E-state index in [1.807, 2.05) is 47.6 Å². The molecule has 20 nitrogen and oxygen atoms in total. The Balaban J connectivity index is 0.000000226. The van der Waals surface area contributed by atoms with Gasteiger partial charge in [0.15, 0.2) is 21.8 Å². The smallest absolute Gasteiger partial charge is 0.350 e. The molecule has 2 aliphatic heterocycles. The number of hydrogen-bond donors (Lipinski definition) is 4. The van der Waals surface area contributed by atoms with Gasteiger partial charge in [-0.2, -0.15) is 0 Å². The van der Waals surface area contributed by atoms with Gasteiger partial charge in [-0.25, -0.2) is 33.7 Å². The number of ether oxygens (including phenoxy) is 4. The molecule has 4 atom stereocenters. The predicted octanol–water partition coefficient (Wildman–Crippen LogP) is 3.03. The third-order valence-corrected chi connectivity index (χ3v) is 15.9. The van der Waals surface area contributed by atoms with Crippen LogP contribution >= 0.6 is 69.1 Å². The van der Waals surface area contributed by atoms with Crippen molar-refractivity contribution in [3.63, 3.8) is 0 Å². The van der Waals surface area contributed by atoms with E-state index in [-0.39, 0.29) is 81.5 Å². The van der Waals surface area contributed by atoms with Crippen LogP contribution in [0.25, 0.3) is 23.0 Å². The third-order valence-electron chi connectivity index (χ3n) is 11.9. The van der Waals surface area contributed by atoms with Gasteiger partial charge >= 0.3 is 17.8 Å². The lowest BCUT2D eigenvalue weighted by Crippen LogP contribution is -3.00. The number of rotatable bonds is 12. The molecular weight excluding hydrogens is 1150 g/mol. The van der Waals surface area contributed by atoms with Crippen molar-refractivity contribution in [3.05, 3.63) is 77.4 Å². The number of piperidine rings is 2. The first kappa shape index (κ1) is 54.9. The van der Waals surface area contributed by atoms with Gasteiger partial charge in [0.25, 0.3) is 11.8 Å². The summed E-state index contributed by atoms with van der Waals surface area (Å²) in [7, 11) is 11.5. The first-order chi connectivity index (χ1) is 32.9. The second-order valence-electron chi connectivity index (χ2n) is 16.2. The van der Waals surface area contributed by atoms with Crippen molar-refractivity contribution < 1.29 is 66.7 Å². The fraction of sp³-hybridized carbons (Fsp3) is 0.442. The summed E-state index contributed by atoms with van der Waals surface area (Å²) < 4.78 is 27.0. The summed E-state index contributed by atoms with van der Waals surface area (Å²) in [6.07, 6.45) is 7.81. The van der Waals surface area contributed by atoms with Gasteiger partial charge in [-0.1, -0.05) is 69.1 Å². The number of nitrogens with one attached hydrogen (secondary N) is 4. The zero-order chi connectivity index (χ0) is 50.0. The molecule has 8 rings (SSSR count). The molecule has 0 aromatic carbocycles. The number of amides is 2. The van der Waals surface area contributed by atoms with Crippen LogP contribution in [0.2, 0.25) is 20.1 Å². The Morgan fingerprint density at radius 1 is 0.714 bits per heavy atom. The van der Waals surface area contributed by atoms with Crippen molar-refractivity contribution in [2.24, 2.45) is 21.1 Å². The minimum Gasteiger partial charge on any atom is -1.00 e. The van der Waals surface area contributed by atoms with Gasteiger partial charge in [-0.05, 0) is 26.7 Å². The van der Waals surface area contributed by atoms with Gasteiger partial charge in [0.05, 0.1) is 72.7 Å². The van der Waals surface area contributed by atoms with Crippen LogP contribution in [0.15, 0.2) is 24.8 Å². The molecular formula is C43H51Cl4IN12O8S2. The lowest BCUT2D eigenvalue weighted by molar-refractivity contribution is -0.659. The van der Waals surface area contributed by atoms with Gasteiger partial charge in [0.1, 0.15) is 39.2 Å². The summed E-state index contributed by atoms with van der Waals surface area (Å²) in [6, 6.07) is -0.492. The molecule has 6 aromatic rings. The predicted molar refractivity (Wildman–Crippen MR) is 264 cm³/mol. The molecule has 0 saturated carbocycles. The topological polar surface area (TPSA) is 220 Å². The Morgan fingerprint density at radius 2 is 1.17 bits per heavy atom. The van der Waals surface area contributed by atoms with Crippen molar-refractivity contribution in [1.29, 1.82) is 0 Å². The van der Waals surface area contributed by atoms with Crippen molar-refractivity contribution in [3.8, 4) is 23.0 Å². The molecule has 0 radical (unpaired) electrons. The molecule has 2 saturated heterocycles. The Hall–Kier alpha value is -4.47. The molecule has 27 heteroatoms. The maximum atomic E-state index is 12.8. The van der Waals surface area contributed by atoms with Crippen LogP contribution in [0.4, 0.5) is 10.3 Å². The van der Waals surface area contributed by atoms with E-state index in [1.165, 1.54) is 36.9 Å². The van der Waals surface area contributed by atoms with Crippen LogP contribution in [0.5, 0.6) is 0 Å². The maximum Gasteiger partial charge on any atom is 0.350 e. The number of carbonyl (C=O) groups is 4. The highest BCUT2D eigenvalue weighted by molar-refractivity contribution is 7.18. The zero-order valence-electron chi connectivity index (χ0n) is 39.4. The van der Waals surface area contributed by atoms with E-state index in [1.54, 1.807) is 45.0 Å². The van der Waals surface area contributed by atoms with E-state index in [9.17, 15) is 19.2 Å². The maximum absolute atomic E-state index is 12.8. The van der Waals surface area contributed by atoms with Gasteiger partial charge in [0.2, 0.25) is 0 Å². The summed E-state index contributed by atoms with van der Waals surface area (Å²) in [5.41, 5.74) is 2.75. The number of aromatic amines is 2. The van der Waals surface area contributed by atoms with Gasteiger partial charge in [0, 0.05) is 71.2 Å². The summed E-state index contributed by atoms with van der Waals surface area (Å²) in [4.78, 5) is 75.2. The molecule has 0 bridgehead atoms. The highest BCUT2D eigenvalue weighted by atomic mass is 127. The molecule has 2 aliphatic rings. The number of carbonyl (C=O) groups excluding carboxylic acids is 4. The SMILES string of the molecule is COC(=O)c1sc(N2CC[C@@H](NC(=O)c3[nH]c(C)c(Cl)c3Cl)[C@@H](OC)C2)nc1-c1n(C)cc[n+]1C.COC(=O)c1sc(N2CC[C@@H](NC(=O)c3[nH]c(C)c(Cl)c3Cl)[C@@H](OC)C2)nc1-c1nccn1C.[I-]. The van der Waals surface area contributed by atoms with E-state index in [4.69, 9.17) is 75.3 Å². The number of imidazole rings is 2. The first-order valence-electron chi connectivity index (χ1n) is 21.3. The molecule has 70 heavy (non-hydrogen) atoms. The molecule has 2 amide bonds. The molecule has 2 fully saturated rings. The number of methoxy groups -OCH3 is 4. The van der Waals surface area contributed by atoms with E-state index in [2.05, 4.69) is 30.5 Å². The number of hydrogen-bond acceptors (Lipinski definition) is 15. The number of esters is 2. The lowest BCUT2D eigenvalue weighted by atomic mass is 10.0. The average Bonchev–Trinajstić information content (AvgIpc) is 4.22. The third kappa shape index (κ3) is 11.3. The van der Waals surface area contributed by atoms with Crippen LogP contribution in [-0.4, -0.2) is 137 Å². The Kier molecular flexibility index (Phi) is 18.3. The van der Waals surface area contributed by atoms with Crippen molar-refractivity contribution in [1.82, 2.24) is 44.7 Å². The van der Waals surface area contributed by atoms with Crippen molar-refractivity contribution >= 4 is 103 Å². The van der Waals surface area contributed by atoms with E-state index >= 15 is 0 Å². The second-order valence-corrected chi connectivity index (χ2v) is 19.7. The van der Waals surface area contributed by atoms with Crippen LogP contribution in [-0.2, 0) is 40.1 Å². The molecule has 4 N–H and O–H groups in total. The van der Waals surface area contributed by atoms with E-state index in [0.29, 0.717) is 97.7 Å². The number of anilines is 2. The Morgan fingerprint density at radius 3 is 1.54 bits per heavy atom. The minimum atomic E-state index is -0.469. The van der Waals surface area contributed by atoms with Gasteiger partial charge in [-0.15, -0.1) is 0 Å². The number of aromatic nitrogens is 8. The number of H-pyrrole nitrogens is 2. The fourth-order valence-corrected chi connectivity index (χ4v) is 11.0. The van der Waals surface area contributed by atoms with E-state index in [0.717, 1.165) is 5.82 Å². The highest BCUT2D eigenvalue weighted by Crippen LogP contribution is 2.37. The average molecular weight is 1200 g/mol. The van der Waals surface area contributed by atoms with E-state index < -0.39 is 11.9 Å². The monoisotopic (exact) mass is 1190 g/mol. The van der Waals surface area contributed by atoms with Crippen LogP contribution < -0.4 is 49.0 Å². The molecule has 0 spiro atoms. The summed E-state index contributed by atoms with van der Waals surface area (Å²) in [5.74, 6) is -0.234. The molecule has 378 valence electrons. The number of halogens is 5. The Labute approximate surface area is 448 Å². The molecule has 6 aromatic heterocycles. The van der Waals surface area contributed by atoms with Crippen molar-refractivity contribution in [2.75, 3.05) is 64.4 Å². The highest BCUT2D eigenvalue weighted by Gasteiger charge is 2.37. The lowest BCUT2D eigenvalue weighted by Gasteiger charge is -2.37. The summed E-state index contributed by atoms with van der Waals surface area (Å²) >= 11 is 27.1. The first-order valence-corrected chi connectivity index (χ1v) is 24.5. The zero-order valence-corrected chi connectivity index (χ0v) is 46.2. The number of thiazole rings is 2.